The van der Waals surface area contributed by atoms with E-state index < -0.39 is 0 Å². The Morgan fingerprint density at radius 1 is 1.55 bits per heavy atom. The summed E-state index contributed by atoms with van der Waals surface area (Å²) in [5.74, 6) is 0. The normalized spacial score (nSPS) is 12.5. The largest absolute Gasteiger partial charge is 0.262 e. The van der Waals surface area contributed by atoms with Crippen LogP contribution < -0.4 is 0 Å². The van der Waals surface area contributed by atoms with Crippen molar-refractivity contribution in [3.8, 4) is 0 Å². The van der Waals surface area contributed by atoms with E-state index >= 15 is 0 Å². The lowest BCUT2D eigenvalue weighted by atomic mass is 10.3. The van der Waals surface area contributed by atoms with Crippen LogP contribution in [-0.2, 0) is 0 Å². The van der Waals surface area contributed by atoms with Gasteiger partial charge in [-0.1, -0.05) is 26.0 Å². The predicted molar refractivity (Wildman–Crippen MR) is 52.0 cm³/mol. The van der Waals surface area contributed by atoms with Crippen molar-refractivity contribution in [1.82, 2.24) is 0 Å². The molecule has 11 heavy (non-hydrogen) atoms. The van der Waals surface area contributed by atoms with Crippen LogP contribution in [0.2, 0.25) is 0 Å². The predicted octanol–water partition coefficient (Wildman–Crippen LogP) is 3.34. The molecular formula is C10H17N. The lowest BCUT2D eigenvalue weighted by Gasteiger charge is -1.94. The van der Waals surface area contributed by atoms with E-state index in [0.717, 1.165) is 18.5 Å². The van der Waals surface area contributed by atoms with Gasteiger partial charge in [-0.25, -0.2) is 0 Å². The van der Waals surface area contributed by atoms with Gasteiger partial charge in [-0.15, -0.1) is 0 Å². The summed E-state index contributed by atoms with van der Waals surface area (Å²) in [7, 11) is 0. The van der Waals surface area contributed by atoms with Gasteiger partial charge in [0.05, 0.1) is 0 Å². The standard InChI is InChI=1S/C10H17N/c1-5-7-10(4)11-8-9(3)6-2/h6,8H,4-5,7H2,1-3H3/b9-6-,11-8-. The fourth-order valence-corrected chi connectivity index (χ4v) is 0.621. The average Bonchev–Trinajstić information content (AvgIpc) is 2.01. The summed E-state index contributed by atoms with van der Waals surface area (Å²) in [5, 5.41) is 0. The van der Waals surface area contributed by atoms with Crippen LogP contribution in [0.5, 0.6) is 0 Å². The molecule has 0 aliphatic heterocycles. The smallest absolute Gasteiger partial charge is 0.0331 e. The Kier molecular flexibility index (Phi) is 5.44. The summed E-state index contributed by atoms with van der Waals surface area (Å²) >= 11 is 0. The third-order valence-corrected chi connectivity index (χ3v) is 1.44. The second kappa shape index (κ2) is 5.90. The Labute approximate surface area is 69.5 Å². The molecular weight excluding hydrogens is 134 g/mol. The van der Waals surface area contributed by atoms with Crippen LogP contribution in [0.15, 0.2) is 28.9 Å². The average molecular weight is 151 g/mol. The van der Waals surface area contributed by atoms with Gasteiger partial charge >= 0.3 is 0 Å². The van der Waals surface area contributed by atoms with Crippen LogP contribution in [0, 0.1) is 0 Å². The molecule has 0 heterocycles. The van der Waals surface area contributed by atoms with Gasteiger partial charge in [0.25, 0.3) is 0 Å². The summed E-state index contributed by atoms with van der Waals surface area (Å²) in [6, 6.07) is 0. The molecule has 0 aromatic carbocycles. The zero-order valence-electron chi connectivity index (χ0n) is 7.72. The molecule has 0 atom stereocenters. The van der Waals surface area contributed by atoms with Gasteiger partial charge in [0, 0.05) is 11.9 Å². The highest BCUT2D eigenvalue weighted by atomic mass is 14.7. The zero-order valence-corrected chi connectivity index (χ0v) is 7.72. The first-order valence-electron chi connectivity index (χ1n) is 4.05. The molecule has 0 radical (unpaired) electrons. The quantitative estimate of drug-likeness (QED) is 0.546. The molecule has 0 aromatic rings. The second-order valence-corrected chi connectivity index (χ2v) is 2.61. The lowest BCUT2D eigenvalue weighted by molar-refractivity contribution is 0.899. The molecule has 0 spiro atoms. The van der Waals surface area contributed by atoms with E-state index in [4.69, 9.17) is 0 Å². The van der Waals surface area contributed by atoms with Crippen LogP contribution in [-0.4, -0.2) is 6.21 Å². The fraction of sp³-hybridized carbons (Fsp3) is 0.500. The van der Waals surface area contributed by atoms with Crippen molar-refractivity contribution in [2.75, 3.05) is 0 Å². The SMILES string of the molecule is C=C(CCC)/N=C\C(C)=C/C. The molecule has 0 bridgehead atoms. The number of nitrogens with zero attached hydrogens (tertiary/aromatic N) is 1. The molecule has 0 saturated heterocycles. The summed E-state index contributed by atoms with van der Waals surface area (Å²) in [6.07, 6.45) is 6.00. The highest BCUT2D eigenvalue weighted by Gasteiger charge is 1.85. The van der Waals surface area contributed by atoms with Gasteiger partial charge in [0.15, 0.2) is 0 Å². The van der Waals surface area contributed by atoms with Crippen molar-refractivity contribution in [2.24, 2.45) is 4.99 Å². The Morgan fingerprint density at radius 2 is 2.18 bits per heavy atom. The second-order valence-electron chi connectivity index (χ2n) is 2.61. The van der Waals surface area contributed by atoms with E-state index in [0.29, 0.717) is 0 Å². The van der Waals surface area contributed by atoms with E-state index in [-0.39, 0.29) is 0 Å². The van der Waals surface area contributed by atoms with Crippen molar-refractivity contribution in [2.45, 2.75) is 33.6 Å². The monoisotopic (exact) mass is 151 g/mol. The summed E-state index contributed by atoms with van der Waals surface area (Å²) in [4.78, 5) is 4.20. The molecule has 0 aliphatic rings. The highest BCUT2D eigenvalue weighted by molar-refractivity contribution is 5.78. The van der Waals surface area contributed by atoms with Crippen molar-refractivity contribution < 1.29 is 0 Å². The molecule has 0 N–H and O–H groups in total. The van der Waals surface area contributed by atoms with Crippen LogP contribution >= 0.6 is 0 Å². The minimum atomic E-state index is 0.966. The summed E-state index contributed by atoms with van der Waals surface area (Å²) in [6.45, 7) is 9.99. The van der Waals surface area contributed by atoms with Gasteiger partial charge in [0.2, 0.25) is 0 Å². The molecule has 1 heteroatoms. The topological polar surface area (TPSA) is 12.4 Å². The molecule has 0 aliphatic carbocycles. The van der Waals surface area contributed by atoms with Gasteiger partial charge in [-0.2, -0.15) is 0 Å². The minimum Gasteiger partial charge on any atom is -0.262 e. The molecule has 0 rings (SSSR count). The number of aliphatic imine (C=N–C) groups is 1. The fourth-order valence-electron chi connectivity index (χ4n) is 0.621. The van der Waals surface area contributed by atoms with Crippen molar-refractivity contribution in [1.29, 1.82) is 0 Å². The van der Waals surface area contributed by atoms with Crippen LogP contribution in [0.1, 0.15) is 33.6 Å². The number of allylic oxidation sites excluding steroid dienone is 3. The molecule has 62 valence electrons. The Balaban J connectivity index is 3.83. The van der Waals surface area contributed by atoms with Crippen molar-refractivity contribution >= 4 is 6.21 Å². The molecule has 0 unspecified atom stereocenters. The first kappa shape index (κ1) is 10.2. The minimum absolute atomic E-state index is 0.966. The molecule has 0 saturated carbocycles. The summed E-state index contributed by atoms with van der Waals surface area (Å²) < 4.78 is 0. The molecule has 1 nitrogen and oxygen atoms in total. The van der Waals surface area contributed by atoms with E-state index in [2.05, 4.69) is 18.5 Å². The lowest BCUT2D eigenvalue weighted by Crippen LogP contribution is -1.79. The van der Waals surface area contributed by atoms with E-state index in [1.165, 1.54) is 5.57 Å². The van der Waals surface area contributed by atoms with E-state index in [9.17, 15) is 0 Å². The first-order chi connectivity index (χ1) is 5.20. The van der Waals surface area contributed by atoms with E-state index in [1.54, 1.807) is 0 Å². The maximum atomic E-state index is 4.20. The maximum Gasteiger partial charge on any atom is 0.0331 e. The third-order valence-electron chi connectivity index (χ3n) is 1.44. The van der Waals surface area contributed by atoms with Crippen LogP contribution in [0.3, 0.4) is 0 Å². The third kappa shape index (κ3) is 5.59. The van der Waals surface area contributed by atoms with Crippen molar-refractivity contribution in [3.63, 3.8) is 0 Å². The first-order valence-corrected chi connectivity index (χ1v) is 4.05. The molecule has 0 amide bonds. The number of hydrogen-bond acceptors (Lipinski definition) is 1. The van der Waals surface area contributed by atoms with Crippen molar-refractivity contribution in [3.05, 3.63) is 23.9 Å². The zero-order chi connectivity index (χ0) is 8.69. The van der Waals surface area contributed by atoms with E-state index in [1.807, 2.05) is 26.1 Å². The maximum absolute atomic E-state index is 4.20. The molecule has 0 aromatic heterocycles. The van der Waals surface area contributed by atoms with Gasteiger partial charge in [-0.05, 0) is 25.8 Å². The Morgan fingerprint density at radius 3 is 2.64 bits per heavy atom. The highest BCUT2D eigenvalue weighted by Crippen LogP contribution is 2.02. The van der Waals surface area contributed by atoms with Gasteiger partial charge < -0.3 is 0 Å². The van der Waals surface area contributed by atoms with Crippen LogP contribution in [0.4, 0.5) is 0 Å². The molecule has 0 fully saturated rings. The van der Waals surface area contributed by atoms with Gasteiger partial charge in [0.1, 0.15) is 0 Å². The number of hydrogen-bond donors (Lipinski definition) is 0. The van der Waals surface area contributed by atoms with Crippen LogP contribution in [0.25, 0.3) is 0 Å². The Bertz CT molecular complexity index is 175. The Hall–Kier alpha value is -0.850. The van der Waals surface area contributed by atoms with Gasteiger partial charge in [-0.3, -0.25) is 4.99 Å². The summed E-state index contributed by atoms with van der Waals surface area (Å²) in [5.41, 5.74) is 2.15. The number of rotatable bonds is 4.